The van der Waals surface area contributed by atoms with Gasteiger partial charge in [0.25, 0.3) is 0 Å². The molecule has 5 nitrogen and oxygen atoms in total. The van der Waals surface area contributed by atoms with Gasteiger partial charge in [-0.25, -0.2) is 4.79 Å². The molecule has 5 rings (SSSR count). The van der Waals surface area contributed by atoms with Crippen LogP contribution in [0.15, 0.2) is 34.8 Å². The zero-order chi connectivity index (χ0) is 20.3. The van der Waals surface area contributed by atoms with E-state index in [-0.39, 0.29) is 6.04 Å². The van der Waals surface area contributed by atoms with Crippen molar-refractivity contribution in [3.05, 3.63) is 51.5 Å². The summed E-state index contributed by atoms with van der Waals surface area (Å²) in [5, 5.41) is 13.2. The van der Waals surface area contributed by atoms with Crippen molar-refractivity contribution in [2.75, 3.05) is 19.5 Å². The van der Waals surface area contributed by atoms with Gasteiger partial charge in [-0.3, -0.25) is 0 Å². The molecule has 1 heterocycles. The molecule has 6 heteroatoms. The summed E-state index contributed by atoms with van der Waals surface area (Å²) in [4.78, 5) is 11.5. The Morgan fingerprint density at radius 1 is 1.07 bits per heavy atom. The second-order valence-electron chi connectivity index (χ2n) is 8.39. The number of benzene rings is 2. The Morgan fingerprint density at radius 3 is 2.52 bits per heavy atom. The Balaban J connectivity index is 1.63. The molecule has 0 aromatic heterocycles. The van der Waals surface area contributed by atoms with Gasteiger partial charge in [-0.05, 0) is 84.4 Å². The summed E-state index contributed by atoms with van der Waals surface area (Å²) >= 11 is 3.75. The van der Waals surface area contributed by atoms with Crippen LogP contribution in [0.3, 0.4) is 0 Å². The lowest BCUT2D eigenvalue weighted by molar-refractivity contribution is 0.0696. The fraction of sp³-hybridized carbons (Fsp3) is 0.435. The van der Waals surface area contributed by atoms with Crippen LogP contribution in [0, 0.1) is 17.8 Å². The molecule has 0 unspecified atom stereocenters. The van der Waals surface area contributed by atoms with Crippen LogP contribution < -0.4 is 14.8 Å². The quantitative estimate of drug-likeness (QED) is 0.637. The molecule has 2 N–H and O–H groups in total. The first kappa shape index (κ1) is 18.8. The molecule has 5 atom stereocenters. The number of halogens is 1. The lowest BCUT2D eigenvalue weighted by Crippen LogP contribution is -2.35. The van der Waals surface area contributed by atoms with E-state index in [4.69, 9.17) is 9.47 Å². The fourth-order valence-corrected chi connectivity index (χ4v) is 6.61. The Hall–Kier alpha value is -2.21. The van der Waals surface area contributed by atoms with Crippen LogP contribution in [0.2, 0.25) is 0 Å². The SMILES string of the molecule is COc1cc(Br)c([C@@H]2Nc3ccc(C(=O)O)cc3[C@@H]3[C@H]4CC[C@@H](C4)[C@@H]32)cc1OC. The van der Waals surface area contributed by atoms with E-state index in [2.05, 4.69) is 27.3 Å². The largest absolute Gasteiger partial charge is 0.493 e. The summed E-state index contributed by atoms with van der Waals surface area (Å²) in [6.07, 6.45) is 3.72. The van der Waals surface area contributed by atoms with Gasteiger partial charge in [0, 0.05) is 10.2 Å². The van der Waals surface area contributed by atoms with Crippen LogP contribution in [0.4, 0.5) is 5.69 Å². The second-order valence-corrected chi connectivity index (χ2v) is 9.25. The number of carboxylic acids is 1. The molecular weight excluding hydrogens is 434 g/mol. The third-order valence-electron chi connectivity index (χ3n) is 7.17. The predicted octanol–water partition coefficient (Wildman–Crippen LogP) is 5.46. The Labute approximate surface area is 178 Å². The molecule has 2 aromatic carbocycles. The molecule has 2 fully saturated rings. The predicted molar refractivity (Wildman–Crippen MR) is 114 cm³/mol. The van der Waals surface area contributed by atoms with Crippen molar-refractivity contribution in [1.82, 2.24) is 0 Å². The standard InChI is InChI=1S/C23H24BrNO4/c1-28-18-9-14(16(24)10-19(18)29-2)22-21-12-4-3-11(7-12)20(21)15-8-13(23(26)27)5-6-17(15)25-22/h5-6,8-12,20-22,25H,3-4,7H2,1-2H3,(H,26,27)/t11-,12-,20-,21-,22-/m0/s1. The number of anilines is 1. The monoisotopic (exact) mass is 457 g/mol. The van der Waals surface area contributed by atoms with Crippen molar-refractivity contribution < 1.29 is 19.4 Å². The van der Waals surface area contributed by atoms with Gasteiger partial charge in [0.05, 0.1) is 25.8 Å². The Kier molecular flexibility index (Phi) is 4.50. The molecule has 2 aromatic rings. The van der Waals surface area contributed by atoms with Crippen LogP contribution in [0.1, 0.15) is 52.7 Å². The average molecular weight is 458 g/mol. The third kappa shape index (κ3) is 2.83. The lowest BCUT2D eigenvalue weighted by atomic mass is 9.68. The van der Waals surface area contributed by atoms with Gasteiger partial charge in [-0.15, -0.1) is 0 Å². The number of hydrogen-bond donors (Lipinski definition) is 2. The van der Waals surface area contributed by atoms with Crippen LogP contribution >= 0.6 is 15.9 Å². The number of rotatable bonds is 4. The number of aromatic carboxylic acids is 1. The number of carboxylic acid groups (broad SMARTS) is 1. The molecule has 0 spiro atoms. The summed E-state index contributed by atoms with van der Waals surface area (Å²) < 4.78 is 12.0. The van der Waals surface area contributed by atoms with E-state index >= 15 is 0 Å². The van der Waals surface area contributed by atoms with E-state index in [1.165, 1.54) is 24.8 Å². The minimum atomic E-state index is -0.864. The minimum absolute atomic E-state index is 0.146. The van der Waals surface area contributed by atoms with E-state index in [0.29, 0.717) is 35.0 Å². The summed E-state index contributed by atoms with van der Waals surface area (Å²) in [7, 11) is 3.30. The first-order valence-electron chi connectivity index (χ1n) is 10.1. The van der Waals surface area contributed by atoms with Crippen molar-refractivity contribution in [3.63, 3.8) is 0 Å². The van der Waals surface area contributed by atoms with Gasteiger partial charge < -0.3 is 19.9 Å². The van der Waals surface area contributed by atoms with Crippen LogP contribution in [-0.4, -0.2) is 25.3 Å². The minimum Gasteiger partial charge on any atom is -0.493 e. The van der Waals surface area contributed by atoms with Crippen molar-refractivity contribution in [3.8, 4) is 11.5 Å². The fourth-order valence-electron chi connectivity index (χ4n) is 6.04. The zero-order valence-electron chi connectivity index (χ0n) is 16.4. The highest BCUT2D eigenvalue weighted by molar-refractivity contribution is 9.10. The van der Waals surface area contributed by atoms with Gasteiger partial charge in [-0.1, -0.05) is 15.9 Å². The number of hydrogen-bond acceptors (Lipinski definition) is 4. The van der Waals surface area contributed by atoms with Crippen molar-refractivity contribution in [1.29, 1.82) is 0 Å². The maximum atomic E-state index is 11.5. The van der Waals surface area contributed by atoms with Gasteiger partial charge >= 0.3 is 5.97 Å². The van der Waals surface area contributed by atoms with Crippen molar-refractivity contribution in [2.45, 2.75) is 31.2 Å². The highest BCUT2D eigenvalue weighted by atomic mass is 79.9. The summed E-state index contributed by atoms with van der Waals surface area (Å²) in [5.41, 5.74) is 3.77. The van der Waals surface area contributed by atoms with Gasteiger partial charge in [0.1, 0.15) is 0 Å². The summed E-state index contributed by atoms with van der Waals surface area (Å²) in [6.45, 7) is 0. The van der Waals surface area contributed by atoms with E-state index < -0.39 is 5.97 Å². The third-order valence-corrected chi connectivity index (χ3v) is 7.86. The van der Waals surface area contributed by atoms with Crippen molar-refractivity contribution in [2.24, 2.45) is 17.8 Å². The molecule has 152 valence electrons. The maximum absolute atomic E-state index is 11.5. The lowest BCUT2D eigenvalue weighted by Gasteiger charge is -2.44. The molecule has 29 heavy (non-hydrogen) atoms. The molecule has 0 radical (unpaired) electrons. The van der Waals surface area contributed by atoms with Gasteiger partial charge in [0.2, 0.25) is 0 Å². The van der Waals surface area contributed by atoms with Crippen LogP contribution in [-0.2, 0) is 0 Å². The van der Waals surface area contributed by atoms with Gasteiger partial charge in [-0.2, -0.15) is 0 Å². The molecular formula is C23H24BrNO4. The highest BCUT2D eigenvalue weighted by Crippen LogP contribution is 2.64. The number of nitrogens with one attached hydrogen (secondary N) is 1. The Bertz CT molecular complexity index is 991. The maximum Gasteiger partial charge on any atom is 0.335 e. The van der Waals surface area contributed by atoms with E-state index in [9.17, 15) is 9.90 Å². The number of fused-ring (bicyclic) bond motifs is 7. The van der Waals surface area contributed by atoms with Gasteiger partial charge in [0.15, 0.2) is 11.5 Å². The number of carbonyl (C=O) groups is 1. The number of ether oxygens (including phenoxy) is 2. The topological polar surface area (TPSA) is 67.8 Å². The Morgan fingerprint density at radius 2 is 1.79 bits per heavy atom. The number of methoxy groups -OCH3 is 2. The molecule has 2 bridgehead atoms. The smallest absolute Gasteiger partial charge is 0.335 e. The first-order valence-corrected chi connectivity index (χ1v) is 10.9. The van der Waals surface area contributed by atoms with E-state index in [0.717, 1.165) is 21.5 Å². The van der Waals surface area contributed by atoms with E-state index in [1.807, 2.05) is 18.2 Å². The van der Waals surface area contributed by atoms with Crippen molar-refractivity contribution >= 4 is 27.6 Å². The molecule has 3 aliphatic rings. The highest BCUT2D eigenvalue weighted by Gasteiger charge is 2.54. The molecule has 0 saturated heterocycles. The van der Waals surface area contributed by atoms with Crippen LogP contribution in [0.25, 0.3) is 0 Å². The first-order chi connectivity index (χ1) is 14.0. The second kappa shape index (κ2) is 6.94. The summed E-state index contributed by atoms with van der Waals surface area (Å²) in [5.74, 6) is 2.70. The normalized spacial score (nSPS) is 29.0. The molecule has 2 aliphatic carbocycles. The summed E-state index contributed by atoms with van der Waals surface area (Å²) in [6, 6.07) is 9.71. The van der Waals surface area contributed by atoms with Crippen LogP contribution in [0.5, 0.6) is 11.5 Å². The zero-order valence-corrected chi connectivity index (χ0v) is 18.0. The molecule has 0 amide bonds. The average Bonchev–Trinajstić information content (AvgIpc) is 3.35. The molecule has 1 aliphatic heterocycles. The van der Waals surface area contributed by atoms with E-state index in [1.54, 1.807) is 20.3 Å². The molecule has 2 saturated carbocycles.